The first kappa shape index (κ1) is 34.3. The average molecular weight is 642 g/mol. The zero-order chi connectivity index (χ0) is 33.3. The number of alkyl halides is 6. The Hall–Kier alpha value is -3.61. The number of benzene rings is 2. The van der Waals surface area contributed by atoms with Crippen LogP contribution in [0.5, 0.6) is 0 Å². The number of amides is 3. The summed E-state index contributed by atoms with van der Waals surface area (Å²) in [6.45, 7) is 3.95. The molecule has 1 N–H and O–H groups in total. The summed E-state index contributed by atoms with van der Waals surface area (Å²) >= 11 is 0. The topological polar surface area (TPSA) is 81.2 Å². The number of aliphatic hydroxyl groups is 1. The fraction of sp³-hybridized carbons (Fsp3) is 0.531. The van der Waals surface area contributed by atoms with Crippen molar-refractivity contribution in [1.82, 2.24) is 14.7 Å². The molecule has 2 aliphatic rings. The molecule has 2 fully saturated rings. The minimum Gasteiger partial charge on any atom is -0.384 e. The van der Waals surface area contributed by atoms with E-state index in [9.17, 15) is 45.8 Å². The molecule has 0 bridgehead atoms. The minimum atomic E-state index is -5.00. The summed E-state index contributed by atoms with van der Waals surface area (Å²) in [5.74, 6) is -2.38. The van der Waals surface area contributed by atoms with Gasteiger partial charge in [0.1, 0.15) is 6.10 Å². The van der Waals surface area contributed by atoms with Gasteiger partial charge in [0, 0.05) is 57.5 Å². The maximum Gasteiger partial charge on any atom is 0.416 e. The highest BCUT2D eigenvalue weighted by atomic mass is 19.4. The highest BCUT2D eigenvalue weighted by Gasteiger charge is 2.41. The lowest BCUT2D eigenvalue weighted by Crippen LogP contribution is -2.51. The van der Waals surface area contributed by atoms with Crippen LogP contribution in [0.4, 0.5) is 26.3 Å². The number of aliphatic hydroxyl groups excluding tert-OH is 1. The molecule has 45 heavy (non-hydrogen) atoms. The van der Waals surface area contributed by atoms with Gasteiger partial charge in [0.2, 0.25) is 11.8 Å². The van der Waals surface area contributed by atoms with Crippen molar-refractivity contribution in [3.05, 3.63) is 70.3 Å². The van der Waals surface area contributed by atoms with Crippen molar-refractivity contribution in [1.29, 1.82) is 0 Å². The third-order valence-corrected chi connectivity index (χ3v) is 8.79. The van der Waals surface area contributed by atoms with E-state index in [0.717, 1.165) is 16.0 Å². The fourth-order valence-electron chi connectivity index (χ4n) is 6.38. The predicted octanol–water partition coefficient (Wildman–Crippen LogP) is 5.24. The van der Waals surface area contributed by atoms with Gasteiger partial charge in [-0.2, -0.15) is 26.3 Å². The van der Waals surface area contributed by atoms with Gasteiger partial charge in [-0.25, -0.2) is 0 Å². The third-order valence-electron chi connectivity index (χ3n) is 8.79. The smallest absolute Gasteiger partial charge is 0.384 e. The number of carbonyl (C=O) groups excluding carboxylic acids is 3. The van der Waals surface area contributed by atoms with Gasteiger partial charge in [0.15, 0.2) is 0 Å². The summed E-state index contributed by atoms with van der Waals surface area (Å²) in [7, 11) is 1.35. The summed E-state index contributed by atoms with van der Waals surface area (Å²) in [5, 5.41) is 9.60. The molecule has 2 heterocycles. The van der Waals surface area contributed by atoms with Gasteiger partial charge < -0.3 is 19.8 Å². The summed E-state index contributed by atoms with van der Waals surface area (Å²) < 4.78 is 80.5. The SMILES string of the molecule is Cc1ccccc1C1CN(C(=O)C2CCN(C(=O)[C@@H](C)O)CC2)CCC1C(=O)N(C)Cc1cc(C(F)(F)F)cc(C(F)(F)F)c1. The molecule has 0 spiro atoms. The molecule has 2 saturated heterocycles. The molecular weight excluding hydrogens is 604 g/mol. The number of rotatable bonds is 6. The van der Waals surface area contributed by atoms with Crippen LogP contribution in [-0.2, 0) is 33.3 Å². The van der Waals surface area contributed by atoms with Gasteiger partial charge >= 0.3 is 12.4 Å². The molecule has 246 valence electrons. The van der Waals surface area contributed by atoms with Crippen molar-refractivity contribution < 1.29 is 45.8 Å². The summed E-state index contributed by atoms with van der Waals surface area (Å²) in [6, 6.07) is 8.68. The first-order valence-corrected chi connectivity index (χ1v) is 14.8. The van der Waals surface area contributed by atoms with Gasteiger partial charge in [0.05, 0.1) is 11.1 Å². The third kappa shape index (κ3) is 7.98. The zero-order valence-corrected chi connectivity index (χ0v) is 25.3. The highest BCUT2D eigenvalue weighted by molar-refractivity contribution is 5.83. The van der Waals surface area contributed by atoms with Crippen LogP contribution in [0.15, 0.2) is 42.5 Å². The average Bonchev–Trinajstić information content (AvgIpc) is 2.99. The number of likely N-dealkylation sites (tertiary alicyclic amines) is 2. The van der Waals surface area contributed by atoms with Crippen LogP contribution < -0.4 is 0 Å². The lowest BCUT2D eigenvalue weighted by Gasteiger charge is -2.42. The number of nitrogens with zero attached hydrogens (tertiary/aromatic N) is 3. The van der Waals surface area contributed by atoms with Crippen LogP contribution in [0, 0.1) is 18.8 Å². The zero-order valence-electron chi connectivity index (χ0n) is 25.3. The molecule has 2 aliphatic heterocycles. The van der Waals surface area contributed by atoms with E-state index < -0.39 is 53.9 Å². The molecule has 0 saturated carbocycles. The van der Waals surface area contributed by atoms with Crippen LogP contribution in [0.2, 0.25) is 0 Å². The number of piperidine rings is 2. The Kier molecular flexibility index (Phi) is 10.2. The minimum absolute atomic E-state index is 0.0567. The molecule has 4 rings (SSSR count). The second-order valence-corrected chi connectivity index (χ2v) is 12.0. The van der Waals surface area contributed by atoms with Crippen molar-refractivity contribution in [3.63, 3.8) is 0 Å². The van der Waals surface area contributed by atoms with E-state index in [1.807, 2.05) is 31.2 Å². The Bertz CT molecular complexity index is 1370. The normalized spacial score (nSPS) is 20.6. The van der Waals surface area contributed by atoms with Crippen LogP contribution in [0.25, 0.3) is 0 Å². The van der Waals surface area contributed by atoms with E-state index in [4.69, 9.17) is 0 Å². The maximum absolute atomic E-state index is 13.8. The number of hydrogen-bond donors (Lipinski definition) is 1. The summed E-state index contributed by atoms with van der Waals surface area (Å²) in [6.07, 6.45) is -10.0. The van der Waals surface area contributed by atoms with E-state index in [0.29, 0.717) is 38.1 Å². The van der Waals surface area contributed by atoms with Gasteiger partial charge in [0.25, 0.3) is 5.91 Å². The van der Waals surface area contributed by atoms with Crippen molar-refractivity contribution in [2.24, 2.45) is 11.8 Å². The standard InChI is InChI=1S/C32H37F6N3O4/c1-19-6-4-5-7-25(19)27-18-41(29(44)22-8-11-40(12-9-22)28(43)20(2)42)13-10-26(27)30(45)39(3)17-21-14-23(31(33,34)35)16-24(15-21)32(36,37)38/h4-7,14-16,20,22,26-27,42H,8-13,17-18H2,1-3H3/t20-,26?,27?/m1/s1. The van der Waals surface area contributed by atoms with Crippen molar-refractivity contribution in [2.45, 2.75) is 64.0 Å². The largest absolute Gasteiger partial charge is 0.416 e. The lowest BCUT2D eigenvalue weighted by atomic mass is 9.77. The van der Waals surface area contributed by atoms with Crippen LogP contribution in [-0.4, -0.2) is 76.9 Å². The quantitative estimate of drug-likeness (QED) is 0.438. The molecular formula is C32H37F6N3O4. The van der Waals surface area contributed by atoms with Gasteiger partial charge in [-0.1, -0.05) is 24.3 Å². The Balaban J connectivity index is 1.53. The first-order valence-electron chi connectivity index (χ1n) is 14.8. The van der Waals surface area contributed by atoms with Crippen LogP contribution in [0.3, 0.4) is 0 Å². The molecule has 7 nitrogen and oxygen atoms in total. The van der Waals surface area contributed by atoms with Gasteiger partial charge in [-0.15, -0.1) is 0 Å². The molecule has 3 atom stereocenters. The van der Waals surface area contributed by atoms with Crippen LogP contribution in [0.1, 0.15) is 59.9 Å². The van der Waals surface area contributed by atoms with E-state index in [2.05, 4.69) is 0 Å². The number of carbonyl (C=O) groups is 3. The number of aryl methyl sites for hydroxylation is 1. The van der Waals surface area contributed by atoms with Crippen molar-refractivity contribution in [3.8, 4) is 0 Å². The summed E-state index contributed by atoms with van der Waals surface area (Å²) in [5.41, 5.74) is -1.47. The Morgan fingerprint density at radius 1 is 0.911 bits per heavy atom. The van der Waals surface area contributed by atoms with E-state index in [-0.39, 0.29) is 48.9 Å². The lowest BCUT2D eigenvalue weighted by molar-refractivity contribution is -0.147. The highest BCUT2D eigenvalue weighted by Crippen LogP contribution is 2.39. The Morgan fingerprint density at radius 3 is 2.00 bits per heavy atom. The van der Waals surface area contributed by atoms with E-state index in [1.165, 1.54) is 18.9 Å². The Labute approximate surface area is 257 Å². The van der Waals surface area contributed by atoms with Gasteiger partial charge in [-0.3, -0.25) is 14.4 Å². The fourth-order valence-corrected chi connectivity index (χ4v) is 6.38. The molecule has 0 aromatic heterocycles. The molecule has 13 heteroatoms. The first-order chi connectivity index (χ1) is 21.0. The Morgan fingerprint density at radius 2 is 1.47 bits per heavy atom. The molecule has 3 amide bonds. The second-order valence-electron chi connectivity index (χ2n) is 12.0. The van der Waals surface area contributed by atoms with E-state index >= 15 is 0 Å². The molecule has 2 unspecified atom stereocenters. The second kappa shape index (κ2) is 13.4. The number of halogens is 6. The van der Waals surface area contributed by atoms with Crippen molar-refractivity contribution in [2.75, 3.05) is 33.2 Å². The van der Waals surface area contributed by atoms with Crippen LogP contribution >= 0.6 is 0 Å². The van der Waals surface area contributed by atoms with Crippen molar-refractivity contribution >= 4 is 17.7 Å². The van der Waals surface area contributed by atoms with E-state index in [1.54, 1.807) is 4.90 Å². The molecule has 2 aromatic carbocycles. The molecule has 2 aromatic rings. The molecule has 0 radical (unpaired) electrons. The van der Waals surface area contributed by atoms with Gasteiger partial charge in [-0.05, 0) is 68.0 Å². The summed E-state index contributed by atoms with van der Waals surface area (Å²) in [4.78, 5) is 43.9. The predicted molar refractivity (Wildman–Crippen MR) is 153 cm³/mol. The monoisotopic (exact) mass is 641 g/mol. The maximum atomic E-state index is 13.8. The number of hydrogen-bond acceptors (Lipinski definition) is 4. The molecule has 0 aliphatic carbocycles.